The van der Waals surface area contributed by atoms with E-state index in [1.54, 1.807) is 6.07 Å². The van der Waals surface area contributed by atoms with Gasteiger partial charge in [0.1, 0.15) is 0 Å². The van der Waals surface area contributed by atoms with Crippen molar-refractivity contribution in [3.8, 4) is 0 Å². The summed E-state index contributed by atoms with van der Waals surface area (Å²) in [4.78, 5) is 27.0. The van der Waals surface area contributed by atoms with E-state index >= 15 is 0 Å². The zero-order chi connectivity index (χ0) is 20.3. The van der Waals surface area contributed by atoms with Crippen LogP contribution in [0.3, 0.4) is 0 Å². The molecule has 30 heavy (non-hydrogen) atoms. The molecule has 0 aromatic heterocycles. The van der Waals surface area contributed by atoms with Gasteiger partial charge in [0, 0.05) is 22.1 Å². The van der Waals surface area contributed by atoms with Crippen molar-refractivity contribution in [1.82, 2.24) is 0 Å². The third-order valence-corrected chi connectivity index (χ3v) is 6.02. The predicted octanol–water partition coefficient (Wildman–Crippen LogP) is 5.64. The van der Waals surface area contributed by atoms with E-state index in [0.29, 0.717) is 16.7 Å². The second-order valence-corrected chi connectivity index (χ2v) is 7.62. The van der Waals surface area contributed by atoms with E-state index in [-0.39, 0.29) is 5.78 Å². The fraction of sp³-hybridized carbons (Fsp3) is 0.0370. The van der Waals surface area contributed by atoms with Crippen molar-refractivity contribution in [2.75, 3.05) is 0 Å². The molecule has 1 heterocycles. The van der Waals surface area contributed by atoms with Crippen LogP contribution in [0.15, 0.2) is 91.0 Å². The maximum atomic E-state index is 13.9. The van der Waals surface area contributed by atoms with E-state index in [1.807, 2.05) is 91.0 Å². The van der Waals surface area contributed by atoms with Gasteiger partial charge in [-0.1, -0.05) is 84.9 Å². The number of carbonyl (C=O) groups excluding carboxylic acids is 2. The van der Waals surface area contributed by atoms with Gasteiger partial charge < -0.3 is 4.74 Å². The SMILES string of the molecule is O=C1OC2(C(=O)c3cccc4cccc2c34)/C(=C/c2ccccc2)c2ccccc21. The van der Waals surface area contributed by atoms with E-state index in [1.165, 1.54) is 0 Å². The summed E-state index contributed by atoms with van der Waals surface area (Å²) in [5.41, 5.74) is 2.68. The average molecular weight is 388 g/mol. The Morgan fingerprint density at radius 2 is 1.33 bits per heavy atom. The van der Waals surface area contributed by atoms with Crippen molar-refractivity contribution < 1.29 is 14.3 Å². The van der Waals surface area contributed by atoms with Crippen molar-refractivity contribution in [1.29, 1.82) is 0 Å². The van der Waals surface area contributed by atoms with Crippen LogP contribution in [0.1, 0.15) is 37.4 Å². The number of ether oxygens (including phenoxy) is 1. The molecule has 1 spiro atoms. The molecule has 142 valence electrons. The van der Waals surface area contributed by atoms with Crippen LogP contribution < -0.4 is 0 Å². The Morgan fingerprint density at radius 1 is 0.667 bits per heavy atom. The Kier molecular flexibility index (Phi) is 3.39. The third kappa shape index (κ3) is 2.09. The number of carbonyl (C=O) groups is 2. The fourth-order valence-electron chi connectivity index (χ4n) is 4.73. The van der Waals surface area contributed by atoms with Gasteiger partial charge in [0.2, 0.25) is 11.4 Å². The van der Waals surface area contributed by atoms with Gasteiger partial charge in [-0.15, -0.1) is 0 Å². The van der Waals surface area contributed by atoms with Crippen LogP contribution >= 0.6 is 0 Å². The summed E-state index contributed by atoms with van der Waals surface area (Å²) < 4.78 is 6.07. The Labute approximate surface area is 173 Å². The van der Waals surface area contributed by atoms with Crippen LogP contribution in [-0.4, -0.2) is 11.8 Å². The van der Waals surface area contributed by atoms with E-state index < -0.39 is 11.6 Å². The highest BCUT2D eigenvalue weighted by molar-refractivity contribution is 6.27. The zero-order valence-electron chi connectivity index (χ0n) is 16.0. The van der Waals surface area contributed by atoms with Crippen molar-refractivity contribution in [3.05, 3.63) is 119 Å². The van der Waals surface area contributed by atoms with Crippen LogP contribution in [0.5, 0.6) is 0 Å². The van der Waals surface area contributed by atoms with Crippen molar-refractivity contribution >= 4 is 34.2 Å². The normalized spacial score (nSPS) is 20.6. The summed E-state index contributed by atoms with van der Waals surface area (Å²) in [6, 6.07) is 28.6. The zero-order valence-corrected chi connectivity index (χ0v) is 16.0. The quantitative estimate of drug-likeness (QED) is 0.396. The highest BCUT2D eigenvalue weighted by atomic mass is 16.6. The number of hydrogen-bond donors (Lipinski definition) is 0. The third-order valence-electron chi connectivity index (χ3n) is 6.02. The molecule has 1 unspecified atom stereocenters. The van der Waals surface area contributed by atoms with Gasteiger partial charge in [-0.25, -0.2) is 4.79 Å². The molecule has 1 aliphatic carbocycles. The number of hydrogen-bond acceptors (Lipinski definition) is 3. The van der Waals surface area contributed by atoms with E-state index in [0.717, 1.165) is 27.5 Å². The van der Waals surface area contributed by atoms with Crippen LogP contribution in [0.4, 0.5) is 0 Å². The largest absolute Gasteiger partial charge is 0.437 e. The second kappa shape index (κ2) is 6.01. The summed E-state index contributed by atoms with van der Waals surface area (Å²) in [6.07, 6.45) is 1.97. The molecule has 3 heteroatoms. The minimum Gasteiger partial charge on any atom is -0.437 e. The number of ketones is 1. The van der Waals surface area contributed by atoms with Gasteiger partial charge in [-0.2, -0.15) is 0 Å². The lowest BCUT2D eigenvalue weighted by Gasteiger charge is -2.36. The van der Waals surface area contributed by atoms with Gasteiger partial charge in [-0.05, 0) is 28.7 Å². The molecule has 0 amide bonds. The molecule has 4 aromatic carbocycles. The van der Waals surface area contributed by atoms with Gasteiger partial charge >= 0.3 is 5.97 Å². The Hall–Kier alpha value is -3.98. The molecule has 1 aliphatic heterocycles. The molecule has 6 rings (SSSR count). The molecule has 2 aliphatic rings. The molecular weight excluding hydrogens is 372 g/mol. The Balaban J connectivity index is 1.74. The highest BCUT2D eigenvalue weighted by Crippen LogP contribution is 2.54. The predicted molar refractivity (Wildman–Crippen MR) is 116 cm³/mol. The molecule has 0 radical (unpaired) electrons. The number of benzene rings is 4. The first-order chi connectivity index (χ1) is 14.7. The molecule has 4 aromatic rings. The van der Waals surface area contributed by atoms with Crippen molar-refractivity contribution in [3.63, 3.8) is 0 Å². The molecule has 0 saturated heterocycles. The number of fused-ring (bicyclic) bond motifs is 2. The summed E-state index contributed by atoms with van der Waals surface area (Å²) in [6.45, 7) is 0. The maximum absolute atomic E-state index is 13.9. The van der Waals surface area contributed by atoms with E-state index in [2.05, 4.69) is 0 Å². The smallest absolute Gasteiger partial charge is 0.340 e. The molecule has 0 saturated carbocycles. The molecule has 0 fully saturated rings. The minimum absolute atomic E-state index is 0.195. The topological polar surface area (TPSA) is 43.4 Å². The van der Waals surface area contributed by atoms with Crippen LogP contribution in [-0.2, 0) is 10.3 Å². The van der Waals surface area contributed by atoms with Gasteiger partial charge in [0.15, 0.2) is 0 Å². The fourth-order valence-corrected chi connectivity index (χ4v) is 4.73. The first-order valence-corrected chi connectivity index (χ1v) is 9.87. The summed E-state index contributed by atoms with van der Waals surface area (Å²) in [7, 11) is 0. The Bertz CT molecular complexity index is 1390. The van der Waals surface area contributed by atoms with Gasteiger partial charge in [0.05, 0.1) is 5.56 Å². The van der Waals surface area contributed by atoms with Gasteiger partial charge in [0.25, 0.3) is 0 Å². The lowest BCUT2D eigenvalue weighted by atomic mass is 9.77. The highest BCUT2D eigenvalue weighted by Gasteiger charge is 2.56. The molecule has 0 bridgehead atoms. The van der Waals surface area contributed by atoms with Crippen molar-refractivity contribution in [2.24, 2.45) is 0 Å². The lowest BCUT2D eigenvalue weighted by Crippen LogP contribution is -2.42. The number of Topliss-reactive ketones (excluding diaryl/α,β-unsaturated/α-hetero) is 1. The van der Waals surface area contributed by atoms with E-state index in [4.69, 9.17) is 4.74 Å². The monoisotopic (exact) mass is 388 g/mol. The maximum Gasteiger partial charge on any atom is 0.340 e. The standard InChI is InChI=1S/C27H16O3/c28-25-21-14-6-10-18-11-7-15-22(24(18)21)27(25)23(16-17-8-2-1-3-9-17)19-12-4-5-13-20(19)26(29)30-27/h1-16H/b23-16+. The molecule has 1 atom stereocenters. The minimum atomic E-state index is -1.48. The summed E-state index contributed by atoms with van der Waals surface area (Å²) in [5, 5.41) is 1.82. The first kappa shape index (κ1) is 16.9. The summed E-state index contributed by atoms with van der Waals surface area (Å²) in [5.74, 6) is -0.673. The summed E-state index contributed by atoms with van der Waals surface area (Å²) >= 11 is 0. The second-order valence-electron chi connectivity index (χ2n) is 7.62. The van der Waals surface area contributed by atoms with Crippen LogP contribution in [0.25, 0.3) is 22.4 Å². The van der Waals surface area contributed by atoms with Crippen LogP contribution in [0, 0.1) is 0 Å². The van der Waals surface area contributed by atoms with Crippen LogP contribution in [0.2, 0.25) is 0 Å². The number of rotatable bonds is 1. The van der Waals surface area contributed by atoms with Crippen molar-refractivity contribution in [2.45, 2.75) is 5.60 Å². The molecular formula is C27H16O3. The van der Waals surface area contributed by atoms with Gasteiger partial charge in [-0.3, -0.25) is 4.79 Å². The molecule has 3 nitrogen and oxygen atoms in total. The molecule has 0 N–H and O–H groups in total. The lowest BCUT2D eigenvalue weighted by molar-refractivity contribution is 0.00847. The number of esters is 1. The Morgan fingerprint density at radius 3 is 2.13 bits per heavy atom. The van der Waals surface area contributed by atoms with E-state index in [9.17, 15) is 9.59 Å². The first-order valence-electron chi connectivity index (χ1n) is 9.87. The average Bonchev–Trinajstić information content (AvgIpc) is 3.03.